The second-order valence-electron chi connectivity index (χ2n) is 6.86. The van der Waals surface area contributed by atoms with Crippen LogP contribution < -0.4 is 10.5 Å². The summed E-state index contributed by atoms with van der Waals surface area (Å²) in [4.78, 5) is 12.4. The zero-order valence-electron chi connectivity index (χ0n) is 17.0. The molecule has 0 bridgehead atoms. The van der Waals surface area contributed by atoms with Crippen molar-refractivity contribution in [3.8, 4) is 11.4 Å². The number of hydrogen-bond donors (Lipinski definition) is 2. The number of aromatic nitrogens is 3. The lowest BCUT2D eigenvalue weighted by molar-refractivity contribution is -0.113. The number of primary sulfonamides is 1. The van der Waals surface area contributed by atoms with Crippen LogP contribution >= 0.6 is 23.4 Å². The van der Waals surface area contributed by atoms with Gasteiger partial charge in [0.25, 0.3) is 0 Å². The first-order chi connectivity index (χ1) is 15.8. The van der Waals surface area contributed by atoms with E-state index < -0.39 is 10.0 Å². The van der Waals surface area contributed by atoms with Crippen molar-refractivity contribution in [2.24, 2.45) is 5.14 Å². The Morgan fingerprint density at radius 3 is 2.52 bits per heavy atom. The van der Waals surface area contributed by atoms with E-state index in [9.17, 15) is 13.2 Å². The Hall–Kier alpha value is -3.12. The number of carbonyl (C=O) groups excluding carboxylic acids is 1. The summed E-state index contributed by atoms with van der Waals surface area (Å²) in [6.45, 7) is 0.361. The summed E-state index contributed by atoms with van der Waals surface area (Å²) < 4.78 is 30.0. The molecule has 2 heterocycles. The van der Waals surface area contributed by atoms with Crippen LogP contribution in [0.4, 0.5) is 5.69 Å². The monoisotopic (exact) mass is 503 g/mol. The van der Waals surface area contributed by atoms with E-state index >= 15 is 0 Å². The van der Waals surface area contributed by atoms with Gasteiger partial charge >= 0.3 is 0 Å². The lowest BCUT2D eigenvalue weighted by Crippen LogP contribution is -2.15. The van der Waals surface area contributed by atoms with E-state index in [0.717, 1.165) is 0 Å². The fraction of sp³-hybridized carbons (Fsp3) is 0.0952. The molecule has 0 unspecified atom stereocenters. The number of nitrogens with one attached hydrogen (secondary N) is 1. The summed E-state index contributed by atoms with van der Waals surface area (Å²) in [6.07, 6.45) is 1.58. The van der Waals surface area contributed by atoms with Crippen LogP contribution in [-0.2, 0) is 21.4 Å². The van der Waals surface area contributed by atoms with Crippen molar-refractivity contribution >= 4 is 45.0 Å². The molecule has 2 aromatic carbocycles. The number of sulfonamides is 1. The van der Waals surface area contributed by atoms with Crippen LogP contribution in [0.25, 0.3) is 11.4 Å². The third kappa shape index (κ3) is 5.63. The van der Waals surface area contributed by atoms with Gasteiger partial charge in [-0.25, -0.2) is 13.6 Å². The number of halogens is 1. The number of hydrogen-bond acceptors (Lipinski definition) is 7. The Morgan fingerprint density at radius 1 is 1.09 bits per heavy atom. The number of nitrogens with two attached hydrogens (primary N) is 1. The first kappa shape index (κ1) is 23.1. The van der Waals surface area contributed by atoms with Gasteiger partial charge in [0.1, 0.15) is 5.76 Å². The van der Waals surface area contributed by atoms with Gasteiger partial charge in [-0.15, -0.1) is 10.2 Å². The van der Waals surface area contributed by atoms with Gasteiger partial charge in [0.15, 0.2) is 11.0 Å². The molecule has 0 saturated heterocycles. The second-order valence-corrected chi connectivity index (χ2v) is 9.77. The van der Waals surface area contributed by atoms with Gasteiger partial charge in [-0.05, 0) is 48.5 Å². The largest absolute Gasteiger partial charge is 0.467 e. The minimum Gasteiger partial charge on any atom is -0.467 e. The van der Waals surface area contributed by atoms with E-state index in [2.05, 4.69) is 15.5 Å². The molecule has 9 nitrogen and oxygen atoms in total. The molecule has 0 aliphatic carbocycles. The van der Waals surface area contributed by atoms with Crippen LogP contribution in [0, 0.1) is 0 Å². The summed E-state index contributed by atoms with van der Waals surface area (Å²) in [5.41, 5.74) is 1.16. The van der Waals surface area contributed by atoms with Crippen molar-refractivity contribution in [3.05, 3.63) is 77.7 Å². The van der Waals surface area contributed by atoms with Gasteiger partial charge in [-0.3, -0.25) is 9.36 Å². The van der Waals surface area contributed by atoms with Gasteiger partial charge in [-0.2, -0.15) is 0 Å². The quantitative estimate of drug-likeness (QED) is 0.351. The number of anilines is 1. The molecule has 0 aliphatic heterocycles. The van der Waals surface area contributed by atoms with E-state index in [1.54, 1.807) is 18.4 Å². The zero-order chi connectivity index (χ0) is 23.4. The van der Waals surface area contributed by atoms with E-state index in [0.29, 0.717) is 39.6 Å². The van der Waals surface area contributed by atoms with Crippen LogP contribution in [0.3, 0.4) is 0 Å². The highest BCUT2D eigenvalue weighted by atomic mass is 35.5. The molecule has 3 N–H and O–H groups in total. The third-order valence-electron chi connectivity index (χ3n) is 4.52. The molecule has 12 heteroatoms. The molecule has 33 heavy (non-hydrogen) atoms. The number of benzene rings is 2. The van der Waals surface area contributed by atoms with Crippen molar-refractivity contribution < 1.29 is 17.6 Å². The highest BCUT2D eigenvalue weighted by molar-refractivity contribution is 7.99. The third-order valence-corrected chi connectivity index (χ3v) is 6.75. The van der Waals surface area contributed by atoms with Crippen LogP contribution in [-0.4, -0.2) is 34.8 Å². The molecule has 170 valence electrons. The number of nitrogens with zero attached hydrogens (tertiary/aromatic N) is 3. The average molecular weight is 504 g/mol. The van der Waals surface area contributed by atoms with Crippen LogP contribution in [0.2, 0.25) is 5.02 Å². The summed E-state index contributed by atoms with van der Waals surface area (Å²) in [7, 11) is -3.80. The Bertz CT molecular complexity index is 1370. The maximum absolute atomic E-state index is 12.5. The average Bonchev–Trinajstić information content (AvgIpc) is 3.43. The van der Waals surface area contributed by atoms with Gasteiger partial charge < -0.3 is 9.73 Å². The number of furan rings is 1. The Morgan fingerprint density at radius 2 is 1.85 bits per heavy atom. The lowest BCUT2D eigenvalue weighted by atomic mass is 10.2. The molecule has 4 rings (SSSR count). The van der Waals surface area contributed by atoms with Crippen molar-refractivity contribution in [1.82, 2.24) is 14.8 Å². The fourth-order valence-electron chi connectivity index (χ4n) is 2.99. The van der Waals surface area contributed by atoms with Crippen LogP contribution in [0.5, 0.6) is 0 Å². The number of rotatable bonds is 8. The van der Waals surface area contributed by atoms with E-state index in [4.69, 9.17) is 21.2 Å². The summed E-state index contributed by atoms with van der Waals surface area (Å²) in [5, 5.41) is 17.4. The van der Waals surface area contributed by atoms with Gasteiger partial charge in [0, 0.05) is 11.3 Å². The van der Waals surface area contributed by atoms with Crippen LogP contribution in [0.15, 0.2) is 81.4 Å². The standard InChI is InChI=1S/C21H18ClN5O4S2/c22-18-6-2-1-5-17(18)20-25-26-21(27(20)12-15-4-3-11-31-15)32-13-19(28)24-14-7-9-16(10-8-14)33(23,29)30/h1-11H,12-13H2,(H,24,28)(H2,23,29,30). The predicted octanol–water partition coefficient (Wildman–Crippen LogP) is 3.62. The molecule has 0 saturated carbocycles. The normalized spacial score (nSPS) is 11.5. The maximum atomic E-state index is 12.5. The predicted molar refractivity (Wildman–Crippen MR) is 125 cm³/mol. The molecule has 1 amide bonds. The molecule has 0 atom stereocenters. The minimum atomic E-state index is -3.80. The maximum Gasteiger partial charge on any atom is 0.238 e. The Labute approximate surface area is 199 Å². The van der Waals surface area contributed by atoms with Gasteiger partial charge in [-0.1, -0.05) is 35.5 Å². The van der Waals surface area contributed by atoms with E-state index in [1.807, 2.05) is 28.8 Å². The molecule has 2 aromatic heterocycles. The second kappa shape index (κ2) is 9.79. The van der Waals surface area contributed by atoms with E-state index in [-0.39, 0.29) is 16.6 Å². The van der Waals surface area contributed by atoms with Crippen LogP contribution in [0.1, 0.15) is 5.76 Å². The molecule has 0 aliphatic rings. The molecule has 0 spiro atoms. The van der Waals surface area contributed by atoms with Crippen molar-refractivity contribution in [2.45, 2.75) is 16.6 Å². The summed E-state index contributed by atoms with van der Waals surface area (Å²) in [6, 6.07) is 16.5. The first-order valence-corrected chi connectivity index (χ1v) is 12.5. The summed E-state index contributed by atoms with van der Waals surface area (Å²) in [5.74, 6) is 1.01. The molecular formula is C21H18ClN5O4S2. The van der Waals surface area contributed by atoms with Crippen molar-refractivity contribution in [1.29, 1.82) is 0 Å². The smallest absolute Gasteiger partial charge is 0.238 e. The molecule has 4 aromatic rings. The number of thioether (sulfide) groups is 1. The highest BCUT2D eigenvalue weighted by Crippen LogP contribution is 2.30. The SMILES string of the molecule is NS(=O)(=O)c1ccc(NC(=O)CSc2nnc(-c3ccccc3Cl)n2Cc2ccco2)cc1. The minimum absolute atomic E-state index is 0.0343. The molecular weight excluding hydrogens is 486 g/mol. The van der Waals surface area contributed by atoms with Crippen molar-refractivity contribution in [2.75, 3.05) is 11.1 Å². The van der Waals surface area contributed by atoms with E-state index in [1.165, 1.54) is 36.0 Å². The van der Waals surface area contributed by atoms with Crippen molar-refractivity contribution in [3.63, 3.8) is 0 Å². The lowest BCUT2D eigenvalue weighted by Gasteiger charge is -2.10. The van der Waals surface area contributed by atoms with Gasteiger partial charge in [0.2, 0.25) is 15.9 Å². The molecule has 0 radical (unpaired) electrons. The first-order valence-electron chi connectivity index (χ1n) is 9.57. The number of carbonyl (C=O) groups is 1. The fourth-order valence-corrected chi connectivity index (χ4v) is 4.47. The zero-order valence-corrected chi connectivity index (χ0v) is 19.4. The van der Waals surface area contributed by atoms with Gasteiger partial charge in [0.05, 0.1) is 28.5 Å². The Balaban J connectivity index is 1.50. The molecule has 0 fully saturated rings. The number of amides is 1. The highest BCUT2D eigenvalue weighted by Gasteiger charge is 2.19. The Kier molecular flexibility index (Phi) is 6.84. The summed E-state index contributed by atoms with van der Waals surface area (Å²) >= 11 is 7.56. The topological polar surface area (TPSA) is 133 Å².